The van der Waals surface area contributed by atoms with Crippen molar-refractivity contribution in [2.75, 3.05) is 0 Å². The molecule has 75 valence electrons. The molecule has 1 aromatic heterocycles. The second-order valence-electron chi connectivity index (χ2n) is 3.46. The zero-order chi connectivity index (χ0) is 11.5. The van der Waals surface area contributed by atoms with Crippen molar-refractivity contribution in [2.24, 2.45) is 7.05 Å². The molecule has 0 aliphatic heterocycles. The zero-order valence-electron chi connectivity index (χ0n) is 8.73. The first kappa shape index (κ1) is 10.0. The Hall–Kier alpha value is -2.52. The van der Waals surface area contributed by atoms with Gasteiger partial charge in [-0.2, -0.15) is 10.5 Å². The molecule has 3 heteroatoms. The Labute approximate surface area is 93.8 Å². The lowest BCUT2D eigenvalue weighted by molar-refractivity contribution is 0.936. The van der Waals surface area contributed by atoms with Crippen molar-refractivity contribution in [1.29, 1.82) is 10.5 Å². The van der Waals surface area contributed by atoms with E-state index >= 15 is 0 Å². The van der Waals surface area contributed by atoms with Gasteiger partial charge in [-0.1, -0.05) is 0 Å². The number of nitrogens with zero attached hydrogens (tertiary/aromatic N) is 3. The van der Waals surface area contributed by atoms with E-state index in [1.165, 1.54) is 0 Å². The molecule has 0 aliphatic carbocycles. The second-order valence-corrected chi connectivity index (χ2v) is 3.46. The van der Waals surface area contributed by atoms with E-state index in [1.54, 1.807) is 24.4 Å². The summed E-state index contributed by atoms with van der Waals surface area (Å²) >= 11 is 0. The summed E-state index contributed by atoms with van der Waals surface area (Å²) < 4.78 is 1.90. The van der Waals surface area contributed by atoms with Crippen LogP contribution in [0.15, 0.2) is 30.5 Å². The maximum absolute atomic E-state index is 8.87. The lowest BCUT2D eigenvalue weighted by Crippen LogP contribution is -1.91. The van der Waals surface area contributed by atoms with E-state index in [2.05, 4.69) is 18.2 Å². The highest BCUT2D eigenvalue weighted by Gasteiger charge is 2.05. The average Bonchev–Trinajstić information content (AvgIpc) is 2.74. The highest BCUT2D eigenvalue weighted by Crippen LogP contribution is 2.21. The molecular formula is C13H8N3. The van der Waals surface area contributed by atoms with E-state index in [9.17, 15) is 0 Å². The van der Waals surface area contributed by atoms with Crippen LogP contribution in [0.25, 0.3) is 11.3 Å². The Morgan fingerprint density at radius 3 is 2.19 bits per heavy atom. The summed E-state index contributed by atoms with van der Waals surface area (Å²) in [4.78, 5) is 0. The van der Waals surface area contributed by atoms with E-state index in [-0.39, 0.29) is 0 Å². The molecular weight excluding hydrogens is 198 g/mol. The van der Waals surface area contributed by atoms with Gasteiger partial charge in [-0.05, 0) is 24.3 Å². The van der Waals surface area contributed by atoms with Crippen molar-refractivity contribution in [1.82, 2.24) is 4.57 Å². The van der Waals surface area contributed by atoms with Crippen LogP contribution in [0.3, 0.4) is 0 Å². The number of hydrogen-bond donors (Lipinski definition) is 0. The van der Waals surface area contributed by atoms with Gasteiger partial charge >= 0.3 is 0 Å². The predicted octanol–water partition coefficient (Wildman–Crippen LogP) is 2.24. The van der Waals surface area contributed by atoms with Crippen LogP contribution in [0.2, 0.25) is 0 Å². The number of benzene rings is 1. The lowest BCUT2D eigenvalue weighted by Gasteiger charge is -2.04. The summed E-state index contributed by atoms with van der Waals surface area (Å²) in [5.41, 5.74) is 2.79. The fourth-order valence-corrected chi connectivity index (χ4v) is 1.59. The Kier molecular flexibility index (Phi) is 2.45. The van der Waals surface area contributed by atoms with Gasteiger partial charge in [0.1, 0.15) is 0 Å². The molecule has 0 atom stereocenters. The summed E-state index contributed by atoms with van der Waals surface area (Å²) in [5.74, 6) is 0. The molecule has 0 fully saturated rings. The van der Waals surface area contributed by atoms with Gasteiger partial charge in [0, 0.05) is 30.6 Å². The van der Waals surface area contributed by atoms with Gasteiger partial charge in [-0.25, -0.2) is 0 Å². The molecule has 0 spiro atoms. The van der Waals surface area contributed by atoms with Crippen molar-refractivity contribution >= 4 is 0 Å². The molecule has 0 unspecified atom stereocenters. The smallest absolute Gasteiger partial charge is 0.0992 e. The van der Waals surface area contributed by atoms with Crippen molar-refractivity contribution < 1.29 is 0 Å². The van der Waals surface area contributed by atoms with E-state index in [0.717, 1.165) is 11.3 Å². The van der Waals surface area contributed by atoms with E-state index in [0.29, 0.717) is 11.1 Å². The summed E-state index contributed by atoms with van der Waals surface area (Å²) in [6.45, 7) is 0. The Balaban J connectivity index is 2.63. The zero-order valence-corrected chi connectivity index (χ0v) is 8.73. The van der Waals surface area contributed by atoms with Gasteiger partial charge in [0.2, 0.25) is 0 Å². The lowest BCUT2D eigenvalue weighted by atomic mass is 10.0. The minimum absolute atomic E-state index is 0.496. The van der Waals surface area contributed by atoms with Crippen LogP contribution in [0.4, 0.5) is 0 Å². The Morgan fingerprint density at radius 1 is 1.12 bits per heavy atom. The molecule has 16 heavy (non-hydrogen) atoms. The minimum atomic E-state index is 0.496. The fourth-order valence-electron chi connectivity index (χ4n) is 1.59. The first-order valence-corrected chi connectivity index (χ1v) is 4.72. The fraction of sp³-hybridized carbons (Fsp3) is 0.0769. The molecule has 1 heterocycles. The van der Waals surface area contributed by atoms with Crippen molar-refractivity contribution in [3.8, 4) is 23.4 Å². The van der Waals surface area contributed by atoms with Gasteiger partial charge in [0.25, 0.3) is 0 Å². The highest BCUT2D eigenvalue weighted by atomic mass is 14.9. The molecule has 0 bridgehead atoms. The van der Waals surface area contributed by atoms with Crippen molar-refractivity contribution in [3.63, 3.8) is 0 Å². The van der Waals surface area contributed by atoms with Gasteiger partial charge in [0.05, 0.1) is 23.3 Å². The van der Waals surface area contributed by atoms with Gasteiger partial charge in [0.15, 0.2) is 0 Å². The van der Waals surface area contributed by atoms with E-state index in [4.69, 9.17) is 10.5 Å². The summed E-state index contributed by atoms with van der Waals surface area (Å²) in [6.07, 6.45) is 1.81. The monoisotopic (exact) mass is 206 g/mol. The van der Waals surface area contributed by atoms with Crippen molar-refractivity contribution in [3.05, 3.63) is 47.7 Å². The molecule has 2 aromatic rings. The molecule has 2 rings (SSSR count). The number of aromatic nitrogens is 1. The maximum atomic E-state index is 8.87. The molecule has 0 saturated heterocycles. The quantitative estimate of drug-likeness (QED) is 0.718. The number of rotatable bonds is 1. The standard InChI is InChI=1S/C13H8N3/c1-16-4-2-3-13(16)12-6-10(8-14)5-11(7-12)9-15/h3-7H,1H3. The number of nitriles is 2. The van der Waals surface area contributed by atoms with Gasteiger partial charge < -0.3 is 4.57 Å². The van der Waals surface area contributed by atoms with Gasteiger partial charge in [-0.3, -0.25) is 0 Å². The summed E-state index contributed by atoms with van der Waals surface area (Å²) in [5, 5.41) is 17.7. The maximum Gasteiger partial charge on any atom is 0.0992 e. The number of hydrogen-bond acceptors (Lipinski definition) is 2. The summed E-state index contributed by atoms with van der Waals surface area (Å²) in [7, 11) is 1.90. The van der Waals surface area contributed by atoms with Crippen LogP contribution < -0.4 is 0 Å². The Bertz CT molecular complexity index is 577. The molecule has 0 amide bonds. The van der Waals surface area contributed by atoms with Gasteiger partial charge in [-0.15, -0.1) is 0 Å². The average molecular weight is 206 g/mol. The molecule has 0 N–H and O–H groups in total. The van der Waals surface area contributed by atoms with Crippen LogP contribution >= 0.6 is 0 Å². The van der Waals surface area contributed by atoms with Crippen LogP contribution in [0, 0.1) is 28.7 Å². The predicted molar refractivity (Wildman–Crippen MR) is 59.1 cm³/mol. The third kappa shape index (κ3) is 1.67. The Morgan fingerprint density at radius 2 is 1.75 bits per heavy atom. The summed E-state index contributed by atoms with van der Waals surface area (Å²) in [6, 6.07) is 14.0. The minimum Gasteiger partial charge on any atom is -0.350 e. The van der Waals surface area contributed by atoms with Crippen LogP contribution in [0.5, 0.6) is 0 Å². The largest absolute Gasteiger partial charge is 0.350 e. The molecule has 1 radical (unpaired) electrons. The third-order valence-corrected chi connectivity index (χ3v) is 2.36. The molecule has 0 aliphatic rings. The van der Waals surface area contributed by atoms with E-state index in [1.807, 2.05) is 17.7 Å². The van der Waals surface area contributed by atoms with Crippen LogP contribution in [-0.4, -0.2) is 4.57 Å². The highest BCUT2D eigenvalue weighted by molar-refractivity contribution is 5.64. The topological polar surface area (TPSA) is 52.5 Å². The molecule has 1 aromatic carbocycles. The molecule has 3 nitrogen and oxygen atoms in total. The SMILES string of the molecule is Cn1c[c]cc1-c1cc(C#N)cc(C#N)c1. The van der Waals surface area contributed by atoms with Crippen LogP contribution in [-0.2, 0) is 7.05 Å². The molecule has 0 saturated carbocycles. The first-order valence-electron chi connectivity index (χ1n) is 4.72. The number of aryl methyl sites for hydroxylation is 1. The van der Waals surface area contributed by atoms with E-state index < -0.39 is 0 Å². The third-order valence-electron chi connectivity index (χ3n) is 2.36. The normalized spacial score (nSPS) is 9.44. The first-order chi connectivity index (χ1) is 7.74. The van der Waals surface area contributed by atoms with Crippen molar-refractivity contribution in [2.45, 2.75) is 0 Å². The van der Waals surface area contributed by atoms with Crippen LogP contribution in [0.1, 0.15) is 11.1 Å². The second kappa shape index (κ2) is 3.92.